The molecule has 0 spiro atoms. The molecule has 46 heteroatoms. The van der Waals surface area contributed by atoms with Crippen LogP contribution in [-0.2, 0) is 95.0 Å². The van der Waals surface area contributed by atoms with Gasteiger partial charge in [0.1, 0.15) is 189 Å². The molecule has 828 valence electrons. The number of hydrogen-bond acceptors (Lipinski definition) is 42. The zero-order valence-corrected chi connectivity index (χ0v) is 83.1. The first-order valence-electron chi connectivity index (χ1n) is 51.8. The quantitative estimate of drug-likeness (QED) is 0.0210. The van der Waals surface area contributed by atoms with Gasteiger partial charge in [-0.25, -0.2) is 0 Å². The van der Waals surface area contributed by atoms with Crippen LogP contribution in [0.3, 0.4) is 0 Å². The molecule has 0 aromatic rings. The molecule has 142 heavy (non-hydrogen) atoms. The molecule has 4 amide bonds. The lowest BCUT2D eigenvalue weighted by Gasteiger charge is -2.52. The van der Waals surface area contributed by atoms with Crippen molar-refractivity contribution in [1.29, 1.82) is 0 Å². The number of ether oxygens (including phenoxy) is 16. The summed E-state index contributed by atoms with van der Waals surface area (Å²) in [5.74, 6) is -3.05. The highest BCUT2D eigenvalue weighted by Crippen LogP contribution is 2.41. The summed E-state index contributed by atoms with van der Waals surface area (Å²) < 4.78 is 96.7. The molecule has 46 nitrogen and oxygen atoms in total. The third-order valence-electron chi connectivity index (χ3n) is 27.8. The Bertz CT molecular complexity index is 3500. The molecule has 8 fully saturated rings. The monoisotopic (exact) mass is 2050 g/mol. The maximum absolute atomic E-state index is 13.7. The highest BCUT2D eigenvalue weighted by molar-refractivity contribution is 5.76. The average molecular weight is 2050 g/mol. The Morgan fingerprint density at radius 3 is 0.979 bits per heavy atom. The first-order valence-corrected chi connectivity index (χ1v) is 51.8. The van der Waals surface area contributed by atoms with Gasteiger partial charge in [-0.05, 0) is 26.2 Å². The minimum Gasteiger partial charge on any atom is -0.394 e. The fourth-order valence-electron chi connectivity index (χ4n) is 19.5. The summed E-state index contributed by atoms with van der Waals surface area (Å²) in [5, 5.41) is 261. The number of aliphatic hydroxyl groups is 22. The van der Waals surface area contributed by atoms with Gasteiger partial charge in [-0.2, -0.15) is 0 Å². The van der Waals surface area contributed by atoms with Crippen molar-refractivity contribution in [1.82, 2.24) is 21.3 Å². The van der Waals surface area contributed by atoms with Gasteiger partial charge in [0.05, 0.1) is 71.1 Å². The highest BCUT2D eigenvalue weighted by Gasteiger charge is 2.61. The topological polar surface area (TPSA) is 709 Å². The van der Waals surface area contributed by atoms with E-state index in [1.54, 1.807) is 6.08 Å². The van der Waals surface area contributed by atoms with Gasteiger partial charge in [0, 0.05) is 27.2 Å². The lowest BCUT2D eigenvalue weighted by atomic mass is 9.93. The van der Waals surface area contributed by atoms with Crippen LogP contribution in [0.15, 0.2) is 12.2 Å². The summed E-state index contributed by atoms with van der Waals surface area (Å²) in [4.78, 5) is 52.6. The first kappa shape index (κ1) is 123. The van der Waals surface area contributed by atoms with Crippen molar-refractivity contribution in [3.05, 3.63) is 12.2 Å². The molecular weight excluding hydrogens is 1880 g/mol. The van der Waals surface area contributed by atoms with Crippen molar-refractivity contribution in [3.8, 4) is 0 Å². The maximum atomic E-state index is 13.7. The third-order valence-corrected chi connectivity index (χ3v) is 27.8. The first-order chi connectivity index (χ1) is 68.1. The minimum atomic E-state index is -2.37. The number of hydrogen-bond donors (Lipinski definition) is 26. The summed E-state index contributed by atoms with van der Waals surface area (Å²) in [6.45, 7) is 0.643. The Hall–Kier alpha value is -3.90. The van der Waals surface area contributed by atoms with Crippen LogP contribution in [-0.4, -0.2) is 446 Å². The second kappa shape index (κ2) is 64.7. The van der Waals surface area contributed by atoms with E-state index in [0.29, 0.717) is 12.8 Å². The SMILES string of the molecule is CCCCCCCCCCCCC/C=C/[C@@H](O)[C@H](CO[C@@H]1OC(CO)[C@@H](O[C@@H]2OC(CO)[C@H](O)[C@H](O[C@@H]3OC(CO)[C@@H](O[C@@H]4OC(CO)[C@H](O)[C@H](O[C@@H]5OC(CO)[C@@H](O[C@@H]6OC(CO)[C@H](O)[C@H](O[C@H]7OC(CO)[C@H](O)[C@H](O)C7NC(C)=O)C6O[C@H]6OC(C)[C@@H](O)C(O)[C@@H]6O)[C@H](O)C5NC(C)=O)C4O)[C@H](O)C3NC(C)=O)C2O)[C@H](O)C1O)NC(=O)CCCCCCCCCCCCCCCCCCCCCCC. The van der Waals surface area contributed by atoms with Gasteiger partial charge < -0.3 is 209 Å². The summed E-state index contributed by atoms with van der Waals surface area (Å²) >= 11 is 0. The minimum absolute atomic E-state index is 0.154. The van der Waals surface area contributed by atoms with Crippen LogP contribution < -0.4 is 21.3 Å². The number of carbonyl (C=O) groups excluding carboxylic acids is 4. The fourth-order valence-corrected chi connectivity index (χ4v) is 19.5. The van der Waals surface area contributed by atoms with Gasteiger partial charge in [-0.3, -0.25) is 19.2 Å². The Morgan fingerprint density at radius 2 is 0.585 bits per heavy atom. The third kappa shape index (κ3) is 36.4. The Labute approximate surface area is 831 Å². The van der Waals surface area contributed by atoms with E-state index >= 15 is 0 Å². The van der Waals surface area contributed by atoms with E-state index in [4.69, 9.17) is 75.8 Å². The smallest absolute Gasteiger partial charge is 0.220 e. The lowest BCUT2D eigenvalue weighted by Crippen LogP contribution is -2.71. The largest absolute Gasteiger partial charge is 0.394 e. The van der Waals surface area contributed by atoms with Crippen molar-refractivity contribution in [2.45, 2.75) is 517 Å². The van der Waals surface area contributed by atoms with Gasteiger partial charge >= 0.3 is 0 Å². The molecule has 42 atom stereocenters. The number of nitrogens with one attached hydrogen (secondary N) is 4. The molecular formula is C96H172N4O42. The van der Waals surface area contributed by atoms with Gasteiger partial charge in [0.2, 0.25) is 23.6 Å². The van der Waals surface area contributed by atoms with Gasteiger partial charge in [0.25, 0.3) is 0 Å². The van der Waals surface area contributed by atoms with Crippen molar-refractivity contribution in [3.63, 3.8) is 0 Å². The van der Waals surface area contributed by atoms with Gasteiger partial charge in [-0.1, -0.05) is 219 Å². The number of allylic oxidation sites excluding steroid dienone is 1. The number of aliphatic hydroxyl groups excluding tert-OH is 22. The van der Waals surface area contributed by atoms with Crippen LogP contribution in [0.4, 0.5) is 0 Å². The highest BCUT2D eigenvalue weighted by atomic mass is 16.8. The number of carbonyl (C=O) groups is 4. The van der Waals surface area contributed by atoms with Crippen molar-refractivity contribution >= 4 is 23.6 Å². The van der Waals surface area contributed by atoms with Gasteiger partial charge in [0.15, 0.2) is 50.3 Å². The van der Waals surface area contributed by atoms with E-state index in [1.807, 2.05) is 6.08 Å². The molecule has 8 aliphatic rings. The van der Waals surface area contributed by atoms with E-state index in [9.17, 15) is 132 Å². The zero-order chi connectivity index (χ0) is 104. The van der Waals surface area contributed by atoms with Crippen molar-refractivity contribution < 1.29 is 207 Å². The van der Waals surface area contributed by atoms with Crippen LogP contribution in [0.1, 0.15) is 260 Å². The molecule has 0 aromatic carbocycles. The van der Waals surface area contributed by atoms with Crippen molar-refractivity contribution in [2.75, 3.05) is 52.9 Å². The standard InChI is InChI=1S/C96H172N4O42/c1-7-9-11-13-15-17-19-21-22-23-24-25-26-27-28-30-32-34-36-38-40-42-64(112)100-55(56(111)41-39-37-35-33-31-29-20-18-16-14-12-10-8-2)50-127-92-79(124)77(122)84(63(49-107)135-92)137-95-81(126)86(71(116)59(45-103)131-95)140-90-66(98-53(5)109)74(119)82(61(47-105)133-90)136-94-80(125)85(70(115)58(44-102)130-94)139-91-67(99-54(6)110)75(120)83(62(48-106)134-91)138-96-88(142-93-78(123)76(121)68(113)51(3)128-93)87(72(117)60(46-104)132-96)141-89-65(97-52(4)108)73(118)69(114)57(43-101)129-89/h39,41,51,55-63,65-96,101-107,111,113-126H,7-38,40,42-50H2,1-6H3,(H,97,108)(H,98,109)(H,99,110)(H,100,112)/b41-39+/t51?,55-,56+,57?,58?,59?,60?,61?,62?,63?,65?,66?,67?,68+,69-,70-,71-,72-,73+,74+,75+,76?,77+,78-,79?,80?,81?,82+,83+,84+,85-,86-,87-,88?,89+,90-,91-,92+,93+,94-,95-,96-/m0/s1. The van der Waals surface area contributed by atoms with E-state index in [2.05, 4.69) is 35.1 Å². The Kier molecular flexibility index (Phi) is 56.2. The molecule has 0 aromatic heterocycles. The molecule has 0 saturated carbocycles. The molecule has 0 bridgehead atoms. The summed E-state index contributed by atoms with van der Waals surface area (Å²) in [6.07, 6.45) is -33.0. The summed E-state index contributed by atoms with van der Waals surface area (Å²) in [5.41, 5.74) is 0. The van der Waals surface area contributed by atoms with Crippen LogP contribution in [0.25, 0.3) is 0 Å². The van der Waals surface area contributed by atoms with Crippen LogP contribution in [0.5, 0.6) is 0 Å². The van der Waals surface area contributed by atoms with Crippen LogP contribution >= 0.6 is 0 Å². The van der Waals surface area contributed by atoms with Gasteiger partial charge in [-0.15, -0.1) is 0 Å². The summed E-state index contributed by atoms with van der Waals surface area (Å²) in [6, 6.07) is -6.72. The molecule has 0 radical (unpaired) electrons. The van der Waals surface area contributed by atoms with Crippen LogP contribution in [0.2, 0.25) is 0 Å². The van der Waals surface area contributed by atoms with E-state index in [0.717, 1.165) is 72.1 Å². The zero-order valence-electron chi connectivity index (χ0n) is 83.1. The second-order valence-electron chi connectivity index (χ2n) is 39.1. The number of unbranched alkanes of at least 4 members (excludes halogenated alkanes) is 31. The van der Waals surface area contributed by atoms with E-state index in [1.165, 1.54) is 155 Å². The summed E-state index contributed by atoms with van der Waals surface area (Å²) in [7, 11) is 0. The molecule has 8 rings (SSSR count). The molecule has 8 heterocycles. The molecule has 8 aliphatic heterocycles. The average Bonchev–Trinajstić information content (AvgIpc) is 0.759. The molecule has 0 aliphatic carbocycles. The predicted molar refractivity (Wildman–Crippen MR) is 497 cm³/mol. The number of amides is 4. The molecule has 8 saturated heterocycles. The Morgan fingerprint density at radius 1 is 0.289 bits per heavy atom. The van der Waals surface area contributed by atoms with E-state index < -0.39 is 328 Å². The van der Waals surface area contributed by atoms with Crippen LogP contribution in [0, 0.1) is 0 Å². The Balaban J connectivity index is 0.910. The fraction of sp³-hybridized carbons (Fsp3) is 0.938. The predicted octanol–water partition coefficient (Wildman–Crippen LogP) is -3.26. The van der Waals surface area contributed by atoms with Crippen molar-refractivity contribution in [2.24, 2.45) is 0 Å². The normalized spacial score (nSPS) is 38.4. The second-order valence-corrected chi connectivity index (χ2v) is 39.1. The number of rotatable bonds is 64. The molecule has 26 N–H and O–H groups in total. The molecule has 16 unspecified atom stereocenters. The maximum Gasteiger partial charge on any atom is 0.220 e. The lowest BCUT2D eigenvalue weighted by molar-refractivity contribution is -0.402. The van der Waals surface area contributed by atoms with E-state index in [-0.39, 0.29) is 12.3 Å².